The molecule has 1 fully saturated rings. The second-order valence-corrected chi connectivity index (χ2v) is 6.24. The van der Waals surface area contributed by atoms with Gasteiger partial charge in [0.2, 0.25) is 0 Å². The van der Waals surface area contributed by atoms with Crippen LogP contribution in [-0.2, 0) is 13.6 Å². The molecule has 2 aromatic rings. The van der Waals surface area contributed by atoms with Gasteiger partial charge in [-0.15, -0.1) is 0 Å². The summed E-state index contributed by atoms with van der Waals surface area (Å²) >= 11 is 0. The van der Waals surface area contributed by atoms with E-state index in [2.05, 4.69) is 28.9 Å². The van der Waals surface area contributed by atoms with Crippen LogP contribution in [0.3, 0.4) is 0 Å². The van der Waals surface area contributed by atoms with E-state index in [0.717, 1.165) is 18.7 Å². The Labute approximate surface area is 131 Å². The predicted octanol–water partition coefficient (Wildman–Crippen LogP) is 1.43. The number of hydrogen-bond donors (Lipinski definition) is 1. The van der Waals surface area contributed by atoms with Gasteiger partial charge in [-0.1, -0.05) is 0 Å². The Morgan fingerprint density at radius 2 is 2.18 bits per heavy atom. The zero-order valence-electron chi connectivity index (χ0n) is 13.6. The van der Waals surface area contributed by atoms with Crippen molar-refractivity contribution in [3.63, 3.8) is 0 Å². The highest BCUT2D eigenvalue weighted by molar-refractivity contribution is 5.29. The smallest absolute Gasteiger partial charge is 0.0862 e. The molecular formula is C16H25N5O. The maximum Gasteiger partial charge on any atom is 0.0862 e. The second-order valence-electron chi connectivity index (χ2n) is 6.24. The summed E-state index contributed by atoms with van der Waals surface area (Å²) in [6.07, 6.45) is 5.54. The fourth-order valence-electron chi connectivity index (χ4n) is 3.60. The van der Waals surface area contributed by atoms with Gasteiger partial charge in [-0.05, 0) is 39.3 Å². The summed E-state index contributed by atoms with van der Waals surface area (Å²) < 4.78 is 3.75. The lowest BCUT2D eigenvalue weighted by molar-refractivity contribution is 0.0888. The fraction of sp³-hybridized carbons (Fsp3) is 0.625. The van der Waals surface area contributed by atoms with E-state index in [1.165, 1.54) is 17.7 Å². The minimum Gasteiger partial charge on any atom is -0.390 e. The molecule has 1 N–H and O–H groups in total. The van der Waals surface area contributed by atoms with Gasteiger partial charge in [0, 0.05) is 43.3 Å². The van der Waals surface area contributed by atoms with Crippen molar-refractivity contribution < 1.29 is 5.11 Å². The lowest BCUT2D eigenvalue weighted by atomic mass is 10.0. The summed E-state index contributed by atoms with van der Waals surface area (Å²) in [5.41, 5.74) is 3.68. The fourth-order valence-corrected chi connectivity index (χ4v) is 3.60. The molecule has 0 saturated carbocycles. The first-order valence-corrected chi connectivity index (χ1v) is 7.96. The van der Waals surface area contributed by atoms with Crippen LogP contribution in [0.5, 0.6) is 0 Å². The molecule has 3 heterocycles. The summed E-state index contributed by atoms with van der Waals surface area (Å²) in [5, 5.41) is 19.1. The lowest BCUT2D eigenvalue weighted by Gasteiger charge is -2.27. The van der Waals surface area contributed by atoms with E-state index in [0.29, 0.717) is 19.1 Å². The molecule has 2 atom stereocenters. The Kier molecular flexibility index (Phi) is 4.31. The maximum absolute atomic E-state index is 10.4. The van der Waals surface area contributed by atoms with Crippen LogP contribution in [0.4, 0.5) is 0 Å². The third-order valence-corrected chi connectivity index (χ3v) is 4.66. The number of aryl methyl sites for hydroxylation is 2. The molecule has 0 aromatic carbocycles. The molecule has 1 aliphatic heterocycles. The third-order valence-electron chi connectivity index (χ3n) is 4.66. The molecule has 0 spiro atoms. The molecule has 3 rings (SSSR count). The number of aromatic nitrogens is 4. The number of likely N-dealkylation sites (tertiary alicyclic amines) is 1. The first-order valence-electron chi connectivity index (χ1n) is 7.96. The topological polar surface area (TPSA) is 59.1 Å². The minimum absolute atomic E-state index is 0.376. The molecule has 0 amide bonds. The molecule has 0 aliphatic carbocycles. The van der Waals surface area contributed by atoms with Crippen molar-refractivity contribution in [1.29, 1.82) is 0 Å². The normalized spacial score (nSPS) is 20.6. The Bertz CT molecular complexity index is 619. The van der Waals surface area contributed by atoms with E-state index in [1.807, 2.05) is 24.0 Å². The molecule has 120 valence electrons. The molecule has 6 nitrogen and oxygen atoms in total. The number of nitrogens with zero attached hydrogens (tertiary/aromatic N) is 5. The van der Waals surface area contributed by atoms with Crippen molar-refractivity contribution in [1.82, 2.24) is 24.5 Å². The highest BCUT2D eigenvalue weighted by atomic mass is 16.3. The van der Waals surface area contributed by atoms with Crippen LogP contribution in [0, 0.1) is 13.8 Å². The highest BCUT2D eigenvalue weighted by Gasteiger charge is 2.31. The van der Waals surface area contributed by atoms with Gasteiger partial charge in [0.25, 0.3) is 0 Å². The van der Waals surface area contributed by atoms with Crippen molar-refractivity contribution in [2.75, 3.05) is 13.1 Å². The molecule has 1 saturated heterocycles. The van der Waals surface area contributed by atoms with E-state index < -0.39 is 6.10 Å². The van der Waals surface area contributed by atoms with Gasteiger partial charge < -0.3 is 5.11 Å². The average Bonchev–Trinajstić information content (AvgIpc) is 3.15. The Hall–Kier alpha value is -1.66. The van der Waals surface area contributed by atoms with Crippen molar-refractivity contribution in [2.45, 2.75) is 45.4 Å². The van der Waals surface area contributed by atoms with E-state index >= 15 is 0 Å². The number of hydrogen-bond acceptors (Lipinski definition) is 4. The van der Waals surface area contributed by atoms with Crippen molar-refractivity contribution >= 4 is 0 Å². The average molecular weight is 303 g/mol. The first-order chi connectivity index (χ1) is 10.6. The quantitative estimate of drug-likeness (QED) is 0.908. The van der Waals surface area contributed by atoms with E-state index in [-0.39, 0.29) is 0 Å². The van der Waals surface area contributed by atoms with Gasteiger partial charge in [0.05, 0.1) is 18.3 Å². The van der Waals surface area contributed by atoms with Gasteiger partial charge in [-0.3, -0.25) is 14.3 Å². The number of aliphatic hydroxyl groups excluding tert-OH is 1. The Morgan fingerprint density at radius 3 is 2.82 bits per heavy atom. The number of rotatable bonds is 5. The Balaban J connectivity index is 1.70. The lowest BCUT2D eigenvalue weighted by Crippen LogP contribution is -2.34. The third kappa shape index (κ3) is 2.94. The Morgan fingerprint density at radius 1 is 1.36 bits per heavy atom. The summed E-state index contributed by atoms with van der Waals surface area (Å²) in [5.74, 6) is 0. The zero-order valence-corrected chi connectivity index (χ0v) is 13.6. The van der Waals surface area contributed by atoms with Crippen LogP contribution in [0.2, 0.25) is 0 Å². The van der Waals surface area contributed by atoms with Crippen LogP contribution >= 0.6 is 0 Å². The molecule has 2 aromatic heterocycles. The van der Waals surface area contributed by atoms with Crippen LogP contribution in [-0.4, -0.2) is 48.8 Å². The van der Waals surface area contributed by atoms with E-state index in [1.54, 1.807) is 10.9 Å². The van der Waals surface area contributed by atoms with Crippen LogP contribution in [0.1, 0.15) is 35.8 Å². The molecule has 1 aliphatic rings. The van der Waals surface area contributed by atoms with Crippen molar-refractivity contribution in [3.05, 3.63) is 35.4 Å². The first kappa shape index (κ1) is 15.2. The molecule has 6 heteroatoms. The summed E-state index contributed by atoms with van der Waals surface area (Å²) in [7, 11) is 2.00. The van der Waals surface area contributed by atoms with E-state index in [4.69, 9.17) is 0 Å². The van der Waals surface area contributed by atoms with Gasteiger partial charge in [-0.2, -0.15) is 10.2 Å². The van der Waals surface area contributed by atoms with E-state index in [9.17, 15) is 5.11 Å². The number of aliphatic hydroxyl groups is 1. The van der Waals surface area contributed by atoms with Crippen molar-refractivity contribution in [3.8, 4) is 0 Å². The maximum atomic E-state index is 10.4. The zero-order chi connectivity index (χ0) is 15.7. The van der Waals surface area contributed by atoms with Gasteiger partial charge in [0.15, 0.2) is 0 Å². The van der Waals surface area contributed by atoms with Crippen LogP contribution < -0.4 is 0 Å². The number of β-amino-alcohol motifs (C(OH)–C–C–N with tert-alkyl or cyclic N) is 1. The van der Waals surface area contributed by atoms with Crippen LogP contribution in [0.15, 0.2) is 18.5 Å². The standard InChI is InChI=1S/C16H25N5O/c1-12-16(13(2)19(3)18-12)15-6-4-8-20(15)10-14(22)11-21-9-5-7-17-21/h5,7,9,14-15,22H,4,6,8,10-11H2,1-3H3. The van der Waals surface area contributed by atoms with Gasteiger partial charge >= 0.3 is 0 Å². The monoisotopic (exact) mass is 303 g/mol. The summed E-state index contributed by atoms with van der Waals surface area (Å²) in [6.45, 7) is 6.47. The summed E-state index contributed by atoms with van der Waals surface area (Å²) in [6, 6.07) is 2.26. The molecular weight excluding hydrogens is 278 g/mol. The van der Waals surface area contributed by atoms with Crippen molar-refractivity contribution in [2.24, 2.45) is 7.05 Å². The summed E-state index contributed by atoms with van der Waals surface area (Å²) in [4.78, 5) is 2.39. The van der Waals surface area contributed by atoms with Gasteiger partial charge in [-0.25, -0.2) is 0 Å². The second kappa shape index (κ2) is 6.22. The highest BCUT2D eigenvalue weighted by Crippen LogP contribution is 2.35. The molecule has 0 radical (unpaired) electrons. The molecule has 22 heavy (non-hydrogen) atoms. The largest absolute Gasteiger partial charge is 0.390 e. The predicted molar refractivity (Wildman–Crippen MR) is 84.5 cm³/mol. The van der Waals surface area contributed by atoms with Gasteiger partial charge in [0.1, 0.15) is 0 Å². The molecule has 0 bridgehead atoms. The minimum atomic E-state index is -0.405. The SMILES string of the molecule is Cc1nn(C)c(C)c1C1CCCN1CC(O)Cn1cccn1. The van der Waals surface area contributed by atoms with Crippen LogP contribution in [0.25, 0.3) is 0 Å². The molecule has 2 unspecified atom stereocenters.